The van der Waals surface area contributed by atoms with Crippen LogP contribution in [0, 0.1) is 5.82 Å². The summed E-state index contributed by atoms with van der Waals surface area (Å²) in [6.45, 7) is 1.81. The molecule has 8 nitrogen and oxygen atoms in total. The van der Waals surface area contributed by atoms with Gasteiger partial charge in [-0.2, -0.15) is 9.97 Å². The summed E-state index contributed by atoms with van der Waals surface area (Å²) in [5, 5.41) is 0.912. The van der Waals surface area contributed by atoms with Crippen molar-refractivity contribution in [3.05, 3.63) is 35.1 Å². The average Bonchev–Trinajstić information content (AvgIpc) is 3.46. The molecule has 0 bridgehead atoms. The zero-order valence-electron chi connectivity index (χ0n) is 20.8. The van der Waals surface area contributed by atoms with Crippen molar-refractivity contribution in [3.63, 3.8) is 0 Å². The summed E-state index contributed by atoms with van der Waals surface area (Å²) in [5.41, 5.74) is 13.3. The van der Waals surface area contributed by atoms with Gasteiger partial charge in [-0.15, -0.1) is 0 Å². The molecule has 2 aliphatic heterocycles. The number of ether oxygens (including phenoxy) is 1. The van der Waals surface area contributed by atoms with Crippen LogP contribution in [0.3, 0.4) is 0 Å². The van der Waals surface area contributed by atoms with Gasteiger partial charge in [0.25, 0.3) is 0 Å². The molecule has 12 heteroatoms. The molecule has 2 aromatic carbocycles. The molecule has 6 rings (SSSR count). The smallest absolute Gasteiger partial charge is 0.319 e. The third-order valence-electron chi connectivity index (χ3n) is 7.35. The van der Waals surface area contributed by atoms with E-state index >= 15 is 4.39 Å². The number of hydrogen-bond donors (Lipinski definition) is 2. The number of likely N-dealkylation sites (tertiary alicyclic amines) is 1. The number of nitrogens with zero attached hydrogens (tertiary/aromatic N) is 5. The van der Waals surface area contributed by atoms with Crippen LogP contribution in [0.15, 0.2) is 24.3 Å². The van der Waals surface area contributed by atoms with Crippen LogP contribution in [0.2, 0.25) is 5.02 Å². The first-order valence-electron chi connectivity index (χ1n) is 12.6. The lowest BCUT2D eigenvalue weighted by atomic mass is 10.0. The second kappa shape index (κ2) is 10.0. The van der Waals surface area contributed by atoms with Gasteiger partial charge in [-0.25, -0.2) is 13.8 Å². The van der Waals surface area contributed by atoms with Gasteiger partial charge in [0, 0.05) is 35.1 Å². The molecule has 1 unspecified atom stereocenters. The summed E-state index contributed by atoms with van der Waals surface area (Å²) < 4.78 is 37.8. The highest BCUT2D eigenvalue weighted by Crippen LogP contribution is 2.42. The Morgan fingerprint density at radius 2 is 2.05 bits per heavy atom. The Hall–Kier alpha value is -2.86. The summed E-state index contributed by atoms with van der Waals surface area (Å²) >= 11 is 8.03. The van der Waals surface area contributed by atoms with Crippen LogP contribution in [0.1, 0.15) is 19.3 Å². The molecule has 0 spiro atoms. The summed E-state index contributed by atoms with van der Waals surface area (Å²) in [7, 11) is 2.05. The normalized spacial score (nSPS) is 22.6. The monoisotopic (exact) mass is 559 g/mol. The minimum Gasteiger partial charge on any atom is -0.462 e. The first kappa shape index (κ1) is 25.4. The maximum atomic E-state index is 16.4. The number of aromatic nitrogens is 3. The molecule has 0 saturated carbocycles. The van der Waals surface area contributed by atoms with Gasteiger partial charge in [-0.3, -0.25) is 0 Å². The van der Waals surface area contributed by atoms with Gasteiger partial charge in [-0.1, -0.05) is 35.1 Å². The second-order valence-corrected chi connectivity index (χ2v) is 11.5. The van der Waals surface area contributed by atoms with Crippen LogP contribution in [0.5, 0.6) is 6.01 Å². The molecule has 4 N–H and O–H groups in total. The Labute approximate surface area is 227 Å². The Morgan fingerprint density at radius 3 is 2.82 bits per heavy atom. The molecule has 2 saturated heterocycles. The van der Waals surface area contributed by atoms with Gasteiger partial charge >= 0.3 is 6.01 Å². The van der Waals surface area contributed by atoms with Gasteiger partial charge in [0.1, 0.15) is 24.1 Å². The zero-order chi connectivity index (χ0) is 26.6. The van der Waals surface area contributed by atoms with E-state index < -0.39 is 12.0 Å². The van der Waals surface area contributed by atoms with Gasteiger partial charge in [0.2, 0.25) is 0 Å². The Bertz CT molecular complexity index is 1510. The number of thiazole rings is 1. The Balaban J connectivity index is 1.51. The Kier molecular flexibility index (Phi) is 6.71. The molecule has 0 aliphatic carbocycles. The number of anilines is 2. The predicted octanol–water partition coefficient (Wildman–Crippen LogP) is 4.63. The molecule has 38 heavy (non-hydrogen) atoms. The van der Waals surface area contributed by atoms with E-state index in [4.69, 9.17) is 27.8 Å². The van der Waals surface area contributed by atoms with Crippen molar-refractivity contribution in [3.8, 4) is 17.1 Å². The number of para-hydroxylation sites is 1. The first-order chi connectivity index (χ1) is 18.3. The highest BCUT2D eigenvalue weighted by atomic mass is 35.5. The van der Waals surface area contributed by atoms with Crippen molar-refractivity contribution in [1.82, 2.24) is 19.9 Å². The number of halogens is 3. The molecule has 0 radical (unpaired) electrons. The van der Waals surface area contributed by atoms with Crippen LogP contribution in [-0.2, 0) is 0 Å². The standard InChI is InChI=1S/C26H28ClF2N7OS/c1-35-7-3-4-15(35)12-37-26-33-23-17(24(34-26)36-10-13(28)8-14(30)11-36)9-18(27)20(21(23)29)16-5-2-6-19-22(16)32-25(31)38-19/h2,5-6,9,13-15H,3-4,7-8,10-12,30H2,1H3,(H2,31,32)/t13-,14-,15?/m1/s1. The van der Waals surface area contributed by atoms with E-state index in [0.717, 1.165) is 24.1 Å². The van der Waals surface area contributed by atoms with Crippen molar-refractivity contribution < 1.29 is 13.5 Å². The number of piperidine rings is 1. The van der Waals surface area contributed by atoms with Crippen LogP contribution < -0.4 is 21.1 Å². The fourth-order valence-corrected chi connectivity index (χ4v) is 6.54. The number of benzene rings is 2. The molecule has 200 valence electrons. The van der Waals surface area contributed by atoms with Crippen LogP contribution in [0.4, 0.5) is 19.7 Å². The van der Waals surface area contributed by atoms with Gasteiger partial charge in [0.15, 0.2) is 10.9 Å². The molecule has 3 atom stereocenters. The van der Waals surface area contributed by atoms with E-state index in [-0.39, 0.29) is 47.2 Å². The minimum atomic E-state index is -1.13. The number of rotatable bonds is 5. The lowest BCUT2D eigenvalue weighted by Crippen LogP contribution is -2.48. The van der Waals surface area contributed by atoms with Crippen molar-refractivity contribution in [2.75, 3.05) is 43.9 Å². The molecule has 2 aliphatic rings. The zero-order valence-corrected chi connectivity index (χ0v) is 22.4. The number of alkyl halides is 1. The third-order valence-corrected chi connectivity index (χ3v) is 8.50. The molecular formula is C26H28ClF2N7OS. The van der Waals surface area contributed by atoms with Crippen molar-refractivity contribution in [1.29, 1.82) is 0 Å². The van der Waals surface area contributed by atoms with E-state index in [9.17, 15) is 4.39 Å². The first-order valence-corrected chi connectivity index (χ1v) is 13.8. The topological polar surface area (TPSA) is 106 Å². The van der Waals surface area contributed by atoms with Crippen LogP contribution in [-0.4, -0.2) is 71.4 Å². The quantitative estimate of drug-likeness (QED) is 0.364. The third kappa shape index (κ3) is 4.61. The van der Waals surface area contributed by atoms with Crippen LogP contribution >= 0.6 is 22.9 Å². The van der Waals surface area contributed by atoms with Crippen molar-refractivity contribution in [2.45, 2.75) is 37.5 Å². The van der Waals surface area contributed by atoms with E-state index in [2.05, 4.69) is 19.9 Å². The summed E-state index contributed by atoms with van der Waals surface area (Å²) in [5.74, 6) is -0.276. The number of hydrogen-bond acceptors (Lipinski definition) is 9. The number of fused-ring (bicyclic) bond motifs is 2. The second-order valence-electron chi connectivity index (χ2n) is 10.1. The van der Waals surface area contributed by atoms with Gasteiger partial charge in [-0.05, 0) is 45.0 Å². The minimum absolute atomic E-state index is 0.0330. The predicted molar refractivity (Wildman–Crippen MR) is 148 cm³/mol. The molecular weight excluding hydrogens is 532 g/mol. The van der Waals surface area contributed by atoms with E-state index in [1.807, 2.05) is 19.2 Å². The Morgan fingerprint density at radius 1 is 1.21 bits per heavy atom. The number of nitrogens with two attached hydrogens (primary N) is 2. The highest BCUT2D eigenvalue weighted by molar-refractivity contribution is 7.22. The van der Waals surface area contributed by atoms with E-state index in [0.29, 0.717) is 40.6 Å². The van der Waals surface area contributed by atoms with Crippen molar-refractivity contribution >= 4 is 55.0 Å². The fourth-order valence-electron chi connectivity index (χ4n) is 5.49. The lowest BCUT2D eigenvalue weighted by Gasteiger charge is -2.34. The summed E-state index contributed by atoms with van der Waals surface area (Å²) in [4.78, 5) is 17.5. The maximum Gasteiger partial charge on any atom is 0.319 e. The summed E-state index contributed by atoms with van der Waals surface area (Å²) in [6.07, 6.45) is 1.21. The van der Waals surface area contributed by atoms with E-state index in [1.165, 1.54) is 11.3 Å². The summed E-state index contributed by atoms with van der Waals surface area (Å²) in [6, 6.07) is 6.93. The number of nitrogen functional groups attached to an aromatic ring is 1. The van der Waals surface area contributed by atoms with Gasteiger partial charge < -0.3 is 26.0 Å². The van der Waals surface area contributed by atoms with E-state index in [1.54, 1.807) is 17.0 Å². The molecule has 2 aromatic heterocycles. The van der Waals surface area contributed by atoms with Crippen molar-refractivity contribution in [2.24, 2.45) is 5.73 Å². The molecule has 2 fully saturated rings. The maximum absolute atomic E-state index is 16.4. The SMILES string of the molecule is CN1CCCC1COc1nc(N2C[C@H](N)C[C@@H](F)C2)c2cc(Cl)c(-c3cccc4sc(N)nc34)c(F)c2n1. The largest absolute Gasteiger partial charge is 0.462 e. The molecule has 4 heterocycles. The molecule has 0 amide bonds. The lowest BCUT2D eigenvalue weighted by molar-refractivity contribution is 0.188. The fraction of sp³-hybridized carbons (Fsp3) is 0.423. The highest BCUT2D eigenvalue weighted by Gasteiger charge is 2.30. The number of likely N-dealkylation sites (N-methyl/N-ethyl adjacent to an activating group) is 1. The molecule has 4 aromatic rings. The average molecular weight is 560 g/mol. The van der Waals surface area contributed by atoms with Crippen LogP contribution in [0.25, 0.3) is 32.2 Å². The van der Waals surface area contributed by atoms with Gasteiger partial charge in [0.05, 0.1) is 21.8 Å².